The van der Waals surface area contributed by atoms with Crippen LogP contribution in [-0.4, -0.2) is 15.6 Å². The Kier molecular flexibility index (Phi) is 3.46. The van der Waals surface area contributed by atoms with Gasteiger partial charge in [0.2, 0.25) is 0 Å². The SMILES string of the molecule is FC(F)(F)c1cccc(N=Cc2c(Cl)nc3sccn23)c1. The third-order valence-corrected chi connectivity index (χ3v) is 3.80. The summed E-state index contributed by atoms with van der Waals surface area (Å²) >= 11 is 7.39. The normalized spacial score (nSPS) is 12.6. The summed E-state index contributed by atoms with van der Waals surface area (Å²) < 4.78 is 39.6. The molecule has 0 amide bonds. The van der Waals surface area contributed by atoms with Gasteiger partial charge in [0, 0.05) is 11.6 Å². The van der Waals surface area contributed by atoms with Crippen LogP contribution in [0.25, 0.3) is 4.96 Å². The number of hydrogen-bond donors (Lipinski definition) is 0. The van der Waals surface area contributed by atoms with E-state index in [0.29, 0.717) is 10.7 Å². The van der Waals surface area contributed by atoms with Crippen molar-refractivity contribution in [2.75, 3.05) is 0 Å². The Morgan fingerprint density at radius 1 is 1.33 bits per heavy atom. The number of rotatable bonds is 2. The van der Waals surface area contributed by atoms with E-state index >= 15 is 0 Å². The molecule has 0 unspecified atom stereocenters. The van der Waals surface area contributed by atoms with E-state index in [1.165, 1.54) is 29.7 Å². The van der Waals surface area contributed by atoms with Gasteiger partial charge in [-0.15, -0.1) is 11.3 Å². The van der Waals surface area contributed by atoms with Crippen molar-refractivity contribution in [2.24, 2.45) is 4.99 Å². The van der Waals surface area contributed by atoms with E-state index in [9.17, 15) is 13.2 Å². The summed E-state index contributed by atoms with van der Waals surface area (Å²) in [6, 6.07) is 4.79. The fourth-order valence-corrected chi connectivity index (χ4v) is 2.78. The van der Waals surface area contributed by atoms with Gasteiger partial charge in [0.25, 0.3) is 0 Å². The van der Waals surface area contributed by atoms with E-state index in [1.54, 1.807) is 10.6 Å². The van der Waals surface area contributed by atoms with Gasteiger partial charge in [-0.3, -0.25) is 9.39 Å². The van der Waals surface area contributed by atoms with E-state index in [4.69, 9.17) is 11.6 Å². The van der Waals surface area contributed by atoms with Gasteiger partial charge in [0.1, 0.15) is 5.69 Å². The molecule has 21 heavy (non-hydrogen) atoms. The average Bonchev–Trinajstić information content (AvgIpc) is 2.97. The number of nitrogens with zero attached hydrogens (tertiary/aromatic N) is 3. The van der Waals surface area contributed by atoms with E-state index in [2.05, 4.69) is 9.98 Å². The minimum atomic E-state index is -4.39. The summed E-state index contributed by atoms with van der Waals surface area (Å²) in [5, 5.41) is 2.10. The molecule has 0 spiro atoms. The maximum absolute atomic E-state index is 12.6. The van der Waals surface area contributed by atoms with E-state index in [-0.39, 0.29) is 10.8 Å². The van der Waals surface area contributed by atoms with Crippen molar-refractivity contribution < 1.29 is 13.2 Å². The van der Waals surface area contributed by atoms with Crippen molar-refractivity contribution in [1.82, 2.24) is 9.38 Å². The summed E-state index contributed by atoms with van der Waals surface area (Å²) in [7, 11) is 0. The van der Waals surface area contributed by atoms with Gasteiger partial charge in [0.05, 0.1) is 17.5 Å². The second-order valence-corrected chi connectivity index (χ2v) is 5.38. The zero-order valence-corrected chi connectivity index (χ0v) is 11.9. The zero-order valence-electron chi connectivity index (χ0n) is 10.3. The van der Waals surface area contributed by atoms with Gasteiger partial charge in [-0.25, -0.2) is 4.98 Å². The smallest absolute Gasteiger partial charge is 0.288 e. The van der Waals surface area contributed by atoms with E-state index in [0.717, 1.165) is 12.1 Å². The Labute approximate surface area is 126 Å². The predicted molar refractivity (Wildman–Crippen MR) is 76.8 cm³/mol. The Balaban J connectivity index is 1.96. The van der Waals surface area contributed by atoms with Crippen LogP contribution in [0, 0.1) is 0 Å². The van der Waals surface area contributed by atoms with Crippen molar-refractivity contribution >= 4 is 39.8 Å². The zero-order chi connectivity index (χ0) is 15.0. The lowest BCUT2D eigenvalue weighted by Crippen LogP contribution is -2.03. The van der Waals surface area contributed by atoms with Crippen molar-refractivity contribution in [2.45, 2.75) is 6.18 Å². The first-order chi connectivity index (χ1) is 9.95. The van der Waals surface area contributed by atoms with Gasteiger partial charge in [-0.1, -0.05) is 17.7 Å². The number of aromatic nitrogens is 2. The van der Waals surface area contributed by atoms with Gasteiger partial charge >= 0.3 is 6.18 Å². The molecule has 0 aliphatic heterocycles. The van der Waals surface area contributed by atoms with Crippen molar-refractivity contribution in [3.05, 3.63) is 52.3 Å². The maximum Gasteiger partial charge on any atom is 0.416 e. The van der Waals surface area contributed by atoms with Crippen molar-refractivity contribution in [3.63, 3.8) is 0 Å². The highest BCUT2D eigenvalue weighted by Gasteiger charge is 2.30. The number of hydrogen-bond acceptors (Lipinski definition) is 3. The fraction of sp³-hybridized carbons (Fsp3) is 0.0769. The van der Waals surface area contributed by atoms with Crippen molar-refractivity contribution in [1.29, 1.82) is 0 Å². The van der Waals surface area contributed by atoms with Gasteiger partial charge in [-0.2, -0.15) is 13.2 Å². The third-order valence-electron chi connectivity index (χ3n) is 2.76. The molecule has 3 aromatic rings. The first-order valence-corrected chi connectivity index (χ1v) is 7.03. The number of benzene rings is 1. The first kappa shape index (κ1) is 14.1. The minimum absolute atomic E-state index is 0.200. The van der Waals surface area contributed by atoms with Gasteiger partial charge < -0.3 is 0 Å². The van der Waals surface area contributed by atoms with Gasteiger partial charge in [-0.05, 0) is 18.2 Å². The first-order valence-electron chi connectivity index (χ1n) is 5.77. The summed E-state index contributed by atoms with van der Waals surface area (Å²) in [4.78, 5) is 8.87. The van der Waals surface area contributed by atoms with Crippen LogP contribution in [0.1, 0.15) is 11.3 Å². The number of alkyl halides is 3. The Morgan fingerprint density at radius 3 is 2.90 bits per heavy atom. The van der Waals surface area contributed by atoms with Crippen LogP contribution >= 0.6 is 22.9 Å². The molecular weight excluding hydrogens is 323 g/mol. The van der Waals surface area contributed by atoms with E-state index < -0.39 is 11.7 Å². The standard InChI is InChI=1S/C13H7ClF3N3S/c14-11-10(20-4-5-21-12(20)19-11)7-18-9-3-1-2-8(6-9)13(15,16)17/h1-7H. The Morgan fingerprint density at radius 2 is 2.14 bits per heavy atom. The molecule has 1 aromatic carbocycles. The molecule has 0 bridgehead atoms. The van der Waals surface area contributed by atoms with Crippen LogP contribution in [0.3, 0.4) is 0 Å². The molecule has 3 rings (SSSR count). The molecule has 0 aliphatic carbocycles. The summed E-state index contributed by atoms with van der Waals surface area (Å²) in [5.41, 5.74) is -0.00592. The largest absolute Gasteiger partial charge is 0.416 e. The van der Waals surface area contributed by atoms with E-state index in [1.807, 2.05) is 5.38 Å². The molecule has 0 N–H and O–H groups in total. The lowest BCUT2D eigenvalue weighted by atomic mass is 10.2. The van der Waals surface area contributed by atoms with Crippen molar-refractivity contribution in [3.8, 4) is 0 Å². The van der Waals surface area contributed by atoms with Crippen LogP contribution in [0.15, 0.2) is 40.8 Å². The van der Waals surface area contributed by atoms with Gasteiger partial charge in [0.15, 0.2) is 10.1 Å². The van der Waals surface area contributed by atoms with Crippen LogP contribution < -0.4 is 0 Å². The molecule has 108 valence electrons. The highest BCUT2D eigenvalue weighted by Crippen LogP contribution is 2.31. The second kappa shape index (κ2) is 5.16. The van der Waals surface area contributed by atoms with Crippen LogP contribution in [0.5, 0.6) is 0 Å². The predicted octanol–water partition coefficient (Wildman–Crippen LogP) is 4.82. The lowest BCUT2D eigenvalue weighted by molar-refractivity contribution is -0.137. The molecule has 0 atom stereocenters. The summed E-state index contributed by atoms with van der Waals surface area (Å²) in [5.74, 6) is 0. The summed E-state index contributed by atoms with van der Waals surface area (Å²) in [6.45, 7) is 0. The molecule has 0 saturated heterocycles. The number of fused-ring (bicyclic) bond motifs is 1. The van der Waals surface area contributed by atoms with Crippen LogP contribution in [0.2, 0.25) is 5.15 Å². The number of thiazole rings is 1. The van der Waals surface area contributed by atoms with Crippen LogP contribution in [-0.2, 0) is 6.18 Å². The maximum atomic E-state index is 12.6. The highest BCUT2D eigenvalue weighted by molar-refractivity contribution is 7.15. The molecule has 2 heterocycles. The number of aliphatic imine (C=N–C) groups is 1. The number of imidazole rings is 1. The average molecular weight is 330 g/mol. The monoisotopic (exact) mass is 329 g/mol. The number of halogens is 4. The lowest BCUT2D eigenvalue weighted by Gasteiger charge is -2.06. The fourth-order valence-electron chi connectivity index (χ4n) is 1.79. The molecule has 0 aliphatic rings. The molecule has 0 radical (unpaired) electrons. The molecular formula is C13H7ClF3N3S. The quantitative estimate of drug-likeness (QED) is 0.620. The Bertz CT molecular complexity index is 820. The Hall–Kier alpha value is -1.86. The molecule has 0 fully saturated rings. The molecule has 2 aromatic heterocycles. The van der Waals surface area contributed by atoms with Crippen LogP contribution in [0.4, 0.5) is 18.9 Å². The molecule has 0 saturated carbocycles. The summed E-state index contributed by atoms with van der Waals surface area (Å²) in [6.07, 6.45) is -1.21. The minimum Gasteiger partial charge on any atom is -0.288 e. The molecule has 3 nitrogen and oxygen atoms in total. The third kappa shape index (κ3) is 2.79. The second-order valence-electron chi connectivity index (χ2n) is 4.15. The highest BCUT2D eigenvalue weighted by atomic mass is 35.5. The molecule has 8 heteroatoms. The topological polar surface area (TPSA) is 29.7 Å².